The van der Waals surface area contributed by atoms with Crippen molar-refractivity contribution in [3.05, 3.63) is 24.3 Å². The van der Waals surface area contributed by atoms with Gasteiger partial charge >= 0.3 is 0 Å². The molecule has 1 amide bonds. The molecule has 2 rings (SSSR count). The summed E-state index contributed by atoms with van der Waals surface area (Å²) in [6.07, 6.45) is 0.628. The molecule has 0 aromatic heterocycles. The van der Waals surface area contributed by atoms with Crippen LogP contribution in [-0.4, -0.2) is 31.8 Å². The van der Waals surface area contributed by atoms with Gasteiger partial charge in [-0.2, -0.15) is 0 Å². The largest absolute Gasteiger partial charge is 0.318 e. The fraction of sp³-hybridized carbons (Fsp3) is 0.417. The molecule has 86 valence electrons. The molecule has 0 bridgehead atoms. The average molecular weight is 236 g/mol. The molecule has 0 fully saturated rings. The third kappa shape index (κ3) is 2.39. The molecule has 0 radical (unpaired) electrons. The van der Waals surface area contributed by atoms with E-state index in [1.807, 2.05) is 30.1 Å². The number of carbonyl (C=O) groups excluding carboxylic acids is 1. The molecule has 1 N–H and O–H groups in total. The van der Waals surface area contributed by atoms with Crippen LogP contribution in [0.25, 0.3) is 0 Å². The number of hydrogen-bond acceptors (Lipinski definition) is 3. The zero-order valence-electron chi connectivity index (χ0n) is 9.40. The number of anilines is 1. The molecule has 1 aromatic carbocycles. The molecular formula is C12H16N2OS. The Balaban J connectivity index is 2.28. The molecule has 0 saturated carbocycles. The fourth-order valence-corrected chi connectivity index (χ4v) is 2.79. The van der Waals surface area contributed by atoms with E-state index in [1.54, 1.807) is 11.8 Å². The average Bonchev–Trinajstić information content (AvgIpc) is 2.46. The van der Waals surface area contributed by atoms with Gasteiger partial charge in [-0.15, -0.1) is 11.8 Å². The molecule has 0 saturated heterocycles. The fourth-order valence-electron chi connectivity index (χ4n) is 1.79. The van der Waals surface area contributed by atoms with Gasteiger partial charge < -0.3 is 10.2 Å². The van der Waals surface area contributed by atoms with Crippen molar-refractivity contribution in [3.63, 3.8) is 0 Å². The van der Waals surface area contributed by atoms with Gasteiger partial charge in [-0.05, 0) is 19.2 Å². The Morgan fingerprint density at radius 2 is 2.25 bits per heavy atom. The van der Waals surface area contributed by atoms with Crippen LogP contribution in [-0.2, 0) is 4.79 Å². The van der Waals surface area contributed by atoms with Crippen LogP contribution in [0.15, 0.2) is 29.2 Å². The minimum atomic E-state index is 0.229. The number of amides is 1. The molecule has 3 nitrogen and oxygen atoms in total. The maximum atomic E-state index is 12.0. The summed E-state index contributed by atoms with van der Waals surface area (Å²) in [5.74, 6) is 1.11. The molecular weight excluding hydrogens is 220 g/mol. The van der Waals surface area contributed by atoms with Crippen molar-refractivity contribution < 1.29 is 4.79 Å². The number of fused-ring (bicyclic) bond motifs is 1. The highest BCUT2D eigenvalue weighted by molar-refractivity contribution is 7.99. The number of carbonyl (C=O) groups is 1. The van der Waals surface area contributed by atoms with Crippen LogP contribution in [0.4, 0.5) is 5.69 Å². The van der Waals surface area contributed by atoms with Crippen molar-refractivity contribution in [3.8, 4) is 0 Å². The highest BCUT2D eigenvalue weighted by Gasteiger charge is 2.21. The number of nitrogens with zero attached hydrogens (tertiary/aromatic N) is 1. The summed E-state index contributed by atoms with van der Waals surface area (Å²) in [5.41, 5.74) is 1.06. The quantitative estimate of drug-likeness (QED) is 0.867. The van der Waals surface area contributed by atoms with Gasteiger partial charge in [-0.1, -0.05) is 12.1 Å². The third-order valence-corrected chi connectivity index (χ3v) is 3.68. The third-order valence-electron chi connectivity index (χ3n) is 2.62. The minimum absolute atomic E-state index is 0.229. The van der Waals surface area contributed by atoms with Gasteiger partial charge in [0.05, 0.1) is 5.69 Å². The second kappa shape index (κ2) is 5.37. The van der Waals surface area contributed by atoms with Crippen LogP contribution in [0.3, 0.4) is 0 Å². The highest BCUT2D eigenvalue weighted by atomic mass is 32.2. The summed E-state index contributed by atoms with van der Waals surface area (Å²) in [7, 11) is 1.91. The standard InChI is InChI=1S/C12H16N2OS/c1-13-7-8-14-10-4-2-3-5-11(10)16-9-6-12(14)15/h2-5,13H,6-9H2,1H3. The topological polar surface area (TPSA) is 32.3 Å². The predicted molar refractivity (Wildman–Crippen MR) is 68.1 cm³/mol. The molecule has 0 aliphatic carbocycles. The number of nitrogens with one attached hydrogen (secondary N) is 1. The first-order valence-electron chi connectivity index (χ1n) is 5.49. The van der Waals surface area contributed by atoms with Gasteiger partial charge in [0, 0.05) is 30.2 Å². The Hall–Kier alpha value is -1.00. The van der Waals surface area contributed by atoms with Crippen molar-refractivity contribution in [2.75, 3.05) is 30.8 Å². The van der Waals surface area contributed by atoms with E-state index in [-0.39, 0.29) is 5.91 Å². The normalized spacial score (nSPS) is 15.8. The number of rotatable bonds is 3. The van der Waals surface area contributed by atoms with Gasteiger partial charge in [0.15, 0.2) is 0 Å². The van der Waals surface area contributed by atoms with E-state index in [0.717, 1.165) is 24.5 Å². The van der Waals surface area contributed by atoms with E-state index in [4.69, 9.17) is 0 Å². The van der Waals surface area contributed by atoms with Gasteiger partial charge in [-0.25, -0.2) is 0 Å². The highest BCUT2D eigenvalue weighted by Crippen LogP contribution is 2.33. The molecule has 1 aliphatic heterocycles. The van der Waals surface area contributed by atoms with Crippen molar-refractivity contribution >= 4 is 23.4 Å². The molecule has 1 aliphatic rings. The number of para-hydroxylation sites is 1. The Bertz CT molecular complexity index is 381. The van der Waals surface area contributed by atoms with Gasteiger partial charge in [0.1, 0.15) is 0 Å². The molecule has 1 heterocycles. The Morgan fingerprint density at radius 3 is 3.06 bits per heavy atom. The van der Waals surface area contributed by atoms with Crippen LogP contribution >= 0.6 is 11.8 Å². The summed E-state index contributed by atoms with van der Waals surface area (Å²) in [5, 5.41) is 3.09. The maximum Gasteiger partial charge on any atom is 0.227 e. The van der Waals surface area contributed by atoms with E-state index >= 15 is 0 Å². The van der Waals surface area contributed by atoms with Gasteiger partial charge in [0.2, 0.25) is 5.91 Å². The van der Waals surface area contributed by atoms with Crippen LogP contribution in [0.1, 0.15) is 6.42 Å². The summed E-state index contributed by atoms with van der Waals surface area (Å²) in [6.45, 7) is 1.57. The van der Waals surface area contributed by atoms with Crippen LogP contribution < -0.4 is 10.2 Å². The van der Waals surface area contributed by atoms with Crippen LogP contribution in [0.5, 0.6) is 0 Å². The number of thioether (sulfide) groups is 1. The first-order valence-corrected chi connectivity index (χ1v) is 6.48. The molecule has 1 aromatic rings. The Kier molecular flexibility index (Phi) is 3.85. The van der Waals surface area contributed by atoms with Gasteiger partial charge in [-0.3, -0.25) is 4.79 Å². The van der Waals surface area contributed by atoms with E-state index < -0.39 is 0 Å². The molecule has 0 atom stereocenters. The predicted octanol–water partition coefficient (Wildman–Crippen LogP) is 1.73. The first-order chi connectivity index (χ1) is 7.83. The van der Waals surface area contributed by atoms with E-state index in [0.29, 0.717) is 6.42 Å². The summed E-state index contributed by atoms with van der Waals surface area (Å²) >= 11 is 1.77. The Morgan fingerprint density at radius 1 is 1.44 bits per heavy atom. The van der Waals surface area contributed by atoms with Crippen LogP contribution in [0.2, 0.25) is 0 Å². The number of benzene rings is 1. The zero-order chi connectivity index (χ0) is 11.4. The number of hydrogen-bond donors (Lipinski definition) is 1. The van der Waals surface area contributed by atoms with Crippen molar-refractivity contribution in [2.24, 2.45) is 0 Å². The monoisotopic (exact) mass is 236 g/mol. The van der Waals surface area contributed by atoms with E-state index in [9.17, 15) is 4.79 Å². The summed E-state index contributed by atoms with van der Waals surface area (Å²) in [6, 6.07) is 8.13. The lowest BCUT2D eigenvalue weighted by atomic mass is 10.2. The molecule has 0 spiro atoms. The van der Waals surface area contributed by atoms with E-state index in [1.165, 1.54) is 4.90 Å². The van der Waals surface area contributed by atoms with Crippen molar-refractivity contribution in [2.45, 2.75) is 11.3 Å². The Labute approximate surface area is 100 Å². The lowest BCUT2D eigenvalue weighted by Crippen LogP contribution is -2.35. The molecule has 0 unspecified atom stereocenters. The second-order valence-corrected chi connectivity index (χ2v) is 4.85. The smallest absolute Gasteiger partial charge is 0.227 e. The minimum Gasteiger partial charge on any atom is -0.318 e. The zero-order valence-corrected chi connectivity index (χ0v) is 10.2. The first kappa shape index (κ1) is 11.5. The van der Waals surface area contributed by atoms with Crippen LogP contribution in [0, 0.1) is 0 Å². The second-order valence-electron chi connectivity index (χ2n) is 3.72. The van der Waals surface area contributed by atoms with E-state index in [2.05, 4.69) is 11.4 Å². The number of likely N-dealkylation sites (N-methyl/N-ethyl adjacent to an activating group) is 1. The lowest BCUT2D eigenvalue weighted by Gasteiger charge is -2.22. The SMILES string of the molecule is CNCCN1C(=O)CCSc2ccccc21. The molecule has 4 heteroatoms. The summed E-state index contributed by atoms with van der Waals surface area (Å²) in [4.78, 5) is 15.1. The lowest BCUT2D eigenvalue weighted by molar-refractivity contribution is -0.118. The maximum absolute atomic E-state index is 12.0. The van der Waals surface area contributed by atoms with Crippen molar-refractivity contribution in [1.29, 1.82) is 0 Å². The van der Waals surface area contributed by atoms with Crippen molar-refractivity contribution in [1.82, 2.24) is 5.32 Å². The van der Waals surface area contributed by atoms with Gasteiger partial charge in [0.25, 0.3) is 0 Å². The summed E-state index contributed by atoms with van der Waals surface area (Å²) < 4.78 is 0. The molecule has 16 heavy (non-hydrogen) atoms.